The van der Waals surface area contributed by atoms with Crippen LogP contribution in [0.4, 0.5) is 49.4 Å². The Kier molecular flexibility index (Phi) is 14.7. The number of amides is 2. The summed E-state index contributed by atoms with van der Waals surface area (Å²) in [6.07, 6.45) is -9.22. The maximum atomic E-state index is 14.8. The largest absolute Gasteiger partial charge is 0.474 e. The van der Waals surface area contributed by atoms with E-state index in [0.717, 1.165) is 100 Å². The summed E-state index contributed by atoms with van der Waals surface area (Å²) in [7, 11) is 2.06. The molecule has 4 aromatic carbocycles. The van der Waals surface area contributed by atoms with Crippen LogP contribution >= 0.6 is 23.2 Å². The Bertz CT molecular complexity index is 2990. The molecule has 2 aromatic heterocycles. The molecular formula is C52H52Cl2F6N8O4. The molecule has 72 heavy (non-hydrogen) atoms. The molecule has 20 heteroatoms. The Hall–Kier alpha value is -6.08. The van der Waals surface area contributed by atoms with Crippen LogP contribution in [0, 0.1) is 13.8 Å². The van der Waals surface area contributed by atoms with Crippen LogP contribution in [0.2, 0.25) is 10.0 Å². The van der Waals surface area contributed by atoms with Crippen molar-refractivity contribution in [1.82, 2.24) is 19.8 Å². The number of hydrogen-bond acceptors (Lipinski definition) is 10. The number of carbonyl (C=O) groups excluding carboxylic acids is 2. The Labute approximate surface area is 422 Å². The van der Waals surface area contributed by atoms with Gasteiger partial charge in [0.1, 0.15) is 23.1 Å². The molecule has 5 heterocycles. The lowest BCUT2D eigenvalue weighted by atomic mass is 10.0. The molecule has 0 aliphatic carbocycles. The van der Waals surface area contributed by atoms with Crippen molar-refractivity contribution in [3.05, 3.63) is 117 Å². The van der Waals surface area contributed by atoms with Crippen LogP contribution < -0.4 is 29.9 Å². The molecule has 0 bridgehead atoms. The Morgan fingerprint density at radius 2 is 1.03 bits per heavy atom. The minimum absolute atomic E-state index is 0.219. The van der Waals surface area contributed by atoms with Gasteiger partial charge in [0.25, 0.3) is 11.8 Å². The van der Waals surface area contributed by atoms with Gasteiger partial charge in [-0.05, 0) is 156 Å². The Morgan fingerprint density at radius 3 is 1.44 bits per heavy atom. The van der Waals surface area contributed by atoms with Crippen molar-refractivity contribution >= 4 is 79.8 Å². The lowest BCUT2D eigenvalue weighted by Crippen LogP contribution is -2.51. The number of benzene rings is 4. The smallest absolute Gasteiger partial charge is 0.416 e. The number of aryl methyl sites for hydroxylation is 2. The summed E-state index contributed by atoms with van der Waals surface area (Å²) in [5.74, 6) is -1.33. The molecule has 6 aromatic rings. The van der Waals surface area contributed by atoms with Crippen LogP contribution in [0.3, 0.4) is 0 Å². The molecule has 3 aliphatic rings. The number of nitrogens with one attached hydrogen (secondary N) is 2. The molecule has 2 unspecified atom stereocenters. The molecule has 0 radical (unpaired) electrons. The normalized spacial score (nSPS) is 17.3. The molecule has 380 valence electrons. The maximum Gasteiger partial charge on any atom is 0.416 e. The highest BCUT2D eigenvalue weighted by atomic mass is 35.5. The lowest BCUT2D eigenvalue weighted by molar-refractivity contribution is -0.138. The van der Waals surface area contributed by atoms with E-state index in [9.17, 15) is 35.9 Å². The number of hydrogen-bond donors (Lipinski definition) is 2. The van der Waals surface area contributed by atoms with Crippen molar-refractivity contribution < 1.29 is 45.4 Å². The summed E-state index contributed by atoms with van der Waals surface area (Å²) in [6.45, 7) is 11.2. The maximum absolute atomic E-state index is 14.8. The zero-order valence-corrected chi connectivity index (χ0v) is 41.2. The van der Waals surface area contributed by atoms with Crippen LogP contribution in [0.25, 0.3) is 21.8 Å². The summed E-state index contributed by atoms with van der Waals surface area (Å²) in [6, 6.07) is 18.8. The van der Waals surface area contributed by atoms with Crippen LogP contribution in [-0.4, -0.2) is 109 Å². The highest BCUT2D eigenvalue weighted by Gasteiger charge is 2.41. The number of alkyl halides is 6. The number of pyridine rings is 2. The van der Waals surface area contributed by atoms with Gasteiger partial charge in [-0.1, -0.05) is 23.2 Å². The topological polar surface area (TPSA) is 115 Å². The van der Waals surface area contributed by atoms with Crippen molar-refractivity contribution in [2.75, 3.05) is 79.8 Å². The van der Waals surface area contributed by atoms with Gasteiger partial charge in [-0.3, -0.25) is 9.59 Å². The zero-order valence-electron chi connectivity index (χ0n) is 39.6. The third-order valence-corrected chi connectivity index (χ3v) is 14.2. The van der Waals surface area contributed by atoms with Gasteiger partial charge < -0.3 is 39.7 Å². The predicted octanol–water partition coefficient (Wildman–Crippen LogP) is 11.0. The fraction of sp³-hybridized carbons (Fsp3) is 0.385. The van der Waals surface area contributed by atoms with Gasteiger partial charge in [0.05, 0.1) is 32.2 Å². The summed E-state index contributed by atoms with van der Waals surface area (Å²) in [4.78, 5) is 48.6. The van der Waals surface area contributed by atoms with Crippen molar-refractivity contribution in [3.63, 3.8) is 0 Å². The molecule has 2 atom stereocenters. The van der Waals surface area contributed by atoms with Crippen molar-refractivity contribution in [1.29, 1.82) is 0 Å². The first-order valence-electron chi connectivity index (χ1n) is 23.7. The quantitative estimate of drug-likeness (QED) is 0.115. The van der Waals surface area contributed by atoms with Crippen LogP contribution in [0.15, 0.2) is 84.9 Å². The number of piperazine rings is 1. The van der Waals surface area contributed by atoms with Crippen LogP contribution in [0.5, 0.6) is 11.5 Å². The summed E-state index contributed by atoms with van der Waals surface area (Å²) in [5.41, 5.74) is 1.22. The Balaban J connectivity index is 1.04. The molecule has 2 amide bonds. The number of fused-ring (bicyclic) bond motifs is 2. The molecule has 9 rings (SSSR count). The van der Waals surface area contributed by atoms with E-state index in [1.54, 1.807) is 36.4 Å². The number of likely N-dealkylation sites (N-methyl/N-ethyl adjacent to an activating group) is 1. The zero-order chi connectivity index (χ0) is 51.1. The van der Waals surface area contributed by atoms with Gasteiger partial charge in [-0.2, -0.15) is 26.3 Å². The average molecular weight is 1040 g/mol. The number of likely N-dealkylation sites (tertiary alicyclic amines) is 1. The van der Waals surface area contributed by atoms with Crippen molar-refractivity contribution in [3.8, 4) is 11.5 Å². The summed E-state index contributed by atoms with van der Waals surface area (Å²) < 4.78 is 94.9. The van der Waals surface area contributed by atoms with E-state index in [-0.39, 0.29) is 11.4 Å². The highest BCUT2D eigenvalue weighted by Crippen LogP contribution is 2.39. The standard InChI is InChI=1S/C52H52Cl2F6N8O4/c1-30-24-45(67-18-14-36(15-19-67)66-16-4-5-17-66)63-41-10-8-34(28-37(30)41)61-49(69)47(71-43-12-6-32(26-39(43)53)51(55,56)57)48(72-44-13-7-33(27-40(44)54)52(58,59)60)50(70)62-35-9-11-42-38(29-35)31(2)25-46(64-42)68-22-20-65(3)21-23-68/h6-13,24-29,36,47-48H,4-5,14-23H2,1-3H3,(H,61,69)(H,62,70). The van der Waals surface area contributed by atoms with Crippen LogP contribution in [-0.2, 0) is 21.9 Å². The van der Waals surface area contributed by atoms with Crippen molar-refractivity contribution in [2.45, 2.75) is 70.1 Å². The van der Waals surface area contributed by atoms with Crippen LogP contribution in [0.1, 0.15) is 47.9 Å². The molecule has 3 saturated heterocycles. The monoisotopic (exact) mass is 1040 g/mol. The van der Waals surface area contributed by atoms with E-state index >= 15 is 0 Å². The third-order valence-electron chi connectivity index (χ3n) is 13.6. The fourth-order valence-corrected chi connectivity index (χ4v) is 10.0. The molecule has 3 fully saturated rings. The van der Waals surface area contributed by atoms with Gasteiger partial charge >= 0.3 is 12.4 Å². The average Bonchev–Trinajstić information content (AvgIpc) is 3.89. The van der Waals surface area contributed by atoms with E-state index < -0.39 is 69.0 Å². The molecule has 0 saturated carbocycles. The predicted molar refractivity (Wildman–Crippen MR) is 268 cm³/mol. The van der Waals surface area contributed by atoms with Gasteiger partial charge in [0, 0.05) is 67.5 Å². The number of anilines is 4. The molecule has 3 aliphatic heterocycles. The lowest BCUT2D eigenvalue weighted by Gasteiger charge is -2.37. The number of piperidine rings is 1. The highest BCUT2D eigenvalue weighted by molar-refractivity contribution is 6.32. The van der Waals surface area contributed by atoms with Gasteiger partial charge in [0.2, 0.25) is 12.2 Å². The number of carbonyl (C=O) groups is 2. The molecule has 12 nitrogen and oxygen atoms in total. The second-order valence-electron chi connectivity index (χ2n) is 18.7. The molecular weight excluding hydrogens is 986 g/mol. The number of nitrogens with zero attached hydrogens (tertiary/aromatic N) is 6. The molecule has 2 N–H and O–H groups in total. The first-order chi connectivity index (χ1) is 34.3. The first kappa shape index (κ1) is 50.8. The third kappa shape index (κ3) is 11.4. The fourth-order valence-electron chi connectivity index (χ4n) is 9.59. The van der Waals surface area contributed by atoms with E-state index in [0.29, 0.717) is 52.1 Å². The summed E-state index contributed by atoms with van der Waals surface area (Å²) in [5, 5.41) is 5.75. The van der Waals surface area contributed by atoms with E-state index in [4.69, 9.17) is 42.6 Å². The first-order valence-corrected chi connectivity index (χ1v) is 24.5. The van der Waals surface area contributed by atoms with Gasteiger partial charge in [0.15, 0.2) is 0 Å². The number of halogens is 8. The van der Waals surface area contributed by atoms with E-state index in [1.807, 2.05) is 26.0 Å². The minimum atomic E-state index is -4.79. The minimum Gasteiger partial charge on any atom is -0.474 e. The number of ether oxygens (including phenoxy) is 2. The SMILES string of the molecule is Cc1cc(N2CCC(N3CCCC3)CC2)nc2ccc(NC(=O)C(Oc3ccc(C(F)(F)F)cc3Cl)C(Oc3ccc(C(F)(F)F)cc3Cl)C(=O)Nc3ccc4nc(N5CCN(C)CC5)cc(C)c4c3)cc12. The second-order valence-corrected chi connectivity index (χ2v) is 19.5. The number of rotatable bonds is 12. The van der Waals surface area contributed by atoms with Crippen molar-refractivity contribution in [2.24, 2.45) is 0 Å². The number of aromatic nitrogens is 2. The van der Waals surface area contributed by atoms with E-state index in [1.165, 1.54) is 12.8 Å². The van der Waals surface area contributed by atoms with Gasteiger partial charge in [-0.25, -0.2) is 9.97 Å². The molecule has 0 spiro atoms. The van der Waals surface area contributed by atoms with E-state index in [2.05, 4.69) is 37.3 Å². The summed E-state index contributed by atoms with van der Waals surface area (Å²) >= 11 is 12.8. The van der Waals surface area contributed by atoms with Gasteiger partial charge in [-0.15, -0.1) is 0 Å². The Morgan fingerprint density at radius 1 is 0.597 bits per heavy atom. The second kappa shape index (κ2) is 20.8.